The van der Waals surface area contributed by atoms with Crippen molar-refractivity contribution in [1.29, 1.82) is 0 Å². The van der Waals surface area contributed by atoms with Crippen LogP contribution in [0.3, 0.4) is 0 Å². The van der Waals surface area contributed by atoms with E-state index in [1.165, 1.54) is 4.90 Å². The number of cyclic esters (lactones) is 1. The van der Waals surface area contributed by atoms with Crippen LogP contribution in [0.25, 0.3) is 0 Å². The van der Waals surface area contributed by atoms with E-state index in [0.717, 1.165) is 11.8 Å². The molecule has 0 aliphatic carbocycles. The Hall–Kier alpha value is -3.03. The number of rotatable bonds is 3. The fraction of sp³-hybridized carbons (Fsp3) is 0.316. The fourth-order valence-electron chi connectivity index (χ4n) is 3.73. The van der Waals surface area contributed by atoms with Gasteiger partial charge in [0.2, 0.25) is 0 Å². The van der Waals surface area contributed by atoms with Crippen molar-refractivity contribution in [3.8, 4) is 0 Å². The summed E-state index contributed by atoms with van der Waals surface area (Å²) in [7, 11) is 0. The lowest BCUT2D eigenvalue weighted by atomic mass is 9.88. The molecule has 0 radical (unpaired) electrons. The maximum absolute atomic E-state index is 14.0. The molecule has 3 heterocycles. The summed E-state index contributed by atoms with van der Waals surface area (Å²) >= 11 is 0. The molecule has 2 amide bonds. The number of aromatic nitrogens is 1. The number of amides is 2. The maximum Gasteiger partial charge on any atom is 0.410 e. The summed E-state index contributed by atoms with van der Waals surface area (Å²) < 4.78 is 32.3. The van der Waals surface area contributed by atoms with Crippen molar-refractivity contribution in [2.24, 2.45) is 0 Å². The molecule has 0 N–H and O–H groups in total. The van der Waals surface area contributed by atoms with E-state index in [-0.39, 0.29) is 26.2 Å². The van der Waals surface area contributed by atoms with Crippen LogP contribution in [0.4, 0.5) is 13.6 Å². The third kappa shape index (κ3) is 3.11. The summed E-state index contributed by atoms with van der Waals surface area (Å²) in [5.74, 6) is -2.47. The maximum atomic E-state index is 14.0. The van der Waals surface area contributed by atoms with Crippen LogP contribution >= 0.6 is 0 Å². The number of benzene rings is 1. The van der Waals surface area contributed by atoms with Crippen LogP contribution in [0.2, 0.25) is 0 Å². The highest BCUT2D eigenvalue weighted by molar-refractivity contribution is 5.93. The Balaban J connectivity index is 1.62. The van der Waals surface area contributed by atoms with Gasteiger partial charge in [0, 0.05) is 32.1 Å². The molecule has 8 heteroatoms. The second kappa shape index (κ2) is 6.61. The highest BCUT2D eigenvalue weighted by Gasteiger charge is 2.51. The van der Waals surface area contributed by atoms with Crippen molar-refractivity contribution in [2.45, 2.75) is 12.0 Å². The molecular weight excluding hydrogens is 356 g/mol. The van der Waals surface area contributed by atoms with E-state index in [9.17, 15) is 18.4 Å². The first-order chi connectivity index (χ1) is 13.0. The van der Waals surface area contributed by atoms with E-state index in [1.54, 1.807) is 4.90 Å². The molecule has 1 aromatic heterocycles. The number of nitrogens with zero attached hydrogens (tertiary/aromatic N) is 3. The lowest BCUT2D eigenvalue weighted by Crippen LogP contribution is -2.63. The van der Waals surface area contributed by atoms with Gasteiger partial charge in [0.05, 0.1) is 6.20 Å². The molecule has 1 atom stereocenters. The van der Waals surface area contributed by atoms with Crippen LogP contribution in [0, 0.1) is 11.6 Å². The summed E-state index contributed by atoms with van der Waals surface area (Å²) in [4.78, 5) is 31.6. The number of hydrogen-bond donors (Lipinski definition) is 0. The van der Waals surface area contributed by atoms with Gasteiger partial charge in [0.15, 0.2) is 11.5 Å². The van der Waals surface area contributed by atoms with Gasteiger partial charge in [-0.15, -0.1) is 0 Å². The SMILES string of the molecule is O=C(c1ncc(F)cc1F)N1CCN2C(=O)OCC2(Cc2ccccc2)C1. The molecule has 0 spiro atoms. The predicted octanol–water partition coefficient (Wildman–Crippen LogP) is 2.25. The van der Waals surface area contributed by atoms with Crippen LogP contribution < -0.4 is 0 Å². The van der Waals surface area contributed by atoms with Gasteiger partial charge in [-0.05, 0) is 5.56 Å². The Kier molecular flexibility index (Phi) is 4.25. The summed E-state index contributed by atoms with van der Waals surface area (Å²) in [5.41, 5.74) is -0.144. The average molecular weight is 373 g/mol. The zero-order valence-electron chi connectivity index (χ0n) is 14.4. The number of piperazine rings is 1. The molecule has 4 rings (SSSR count). The topological polar surface area (TPSA) is 62.7 Å². The molecule has 0 saturated carbocycles. The van der Waals surface area contributed by atoms with Gasteiger partial charge < -0.3 is 9.64 Å². The van der Waals surface area contributed by atoms with E-state index >= 15 is 0 Å². The molecule has 140 valence electrons. The first-order valence-corrected chi connectivity index (χ1v) is 8.57. The standard InChI is InChI=1S/C19H17F2N3O3/c20-14-8-15(21)16(22-10-14)17(25)23-6-7-24-18(26)27-12-19(24,11-23)9-13-4-2-1-3-5-13/h1-5,8,10H,6-7,9,11-12H2. The molecule has 2 fully saturated rings. The van der Waals surface area contributed by atoms with Crippen molar-refractivity contribution in [2.75, 3.05) is 26.2 Å². The second-order valence-corrected chi connectivity index (χ2v) is 6.80. The lowest BCUT2D eigenvalue weighted by molar-refractivity contribution is 0.0367. The van der Waals surface area contributed by atoms with E-state index in [2.05, 4.69) is 4.98 Å². The van der Waals surface area contributed by atoms with Crippen molar-refractivity contribution in [3.63, 3.8) is 0 Å². The van der Waals surface area contributed by atoms with Gasteiger partial charge in [-0.25, -0.2) is 18.6 Å². The van der Waals surface area contributed by atoms with E-state index < -0.39 is 34.9 Å². The number of hydrogen-bond acceptors (Lipinski definition) is 4. The second-order valence-electron chi connectivity index (χ2n) is 6.80. The minimum Gasteiger partial charge on any atom is -0.447 e. The highest BCUT2D eigenvalue weighted by atomic mass is 19.1. The van der Waals surface area contributed by atoms with Gasteiger partial charge >= 0.3 is 6.09 Å². The zero-order chi connectivity index (χ0) is 19.0. The Morgan fingerprint density at radius 1 is 1.22 bits per heavy atom. The molecule has 1 unspecified atom stereocenters. The Morgan fingerprint density at radius 3 is 2.74 bits per heavy atom. The number of carbonyl (C=O) groups is 2. The fourth-order valence-corrected chi connectivity index (χ4v) is 3.73. The van der Waals surface area contributed by atoms with Gasteiger partial charge in [-0.3, -0.25) is 9.69 Å². The van der Waals surface area contributed by atoms with Crippen LogP contribution in [-0.2, 0) is 11.2 Å². The number of carbonyl (C=O) groups excluding carboxylic acids is 2. The lowest BCUT2D eigenvalue weighted by Gasteiger charge is -2.44. The summed E-state index contributed by atoms with van der Waals surface area (Å²) in [5, 5.41) is 0. The summed E-state index contributed by atoms with van der Waals surface area (Å²) in [6.45, 7) is 0.831. The van der Waals surface area contributed by atoms with Crippen molar-refractivity contribution < 1.29 is 23.1 Å². The van der Waals surface area contributed by atoms with E-state index in [1.807, 2.05) is 30.3 Å². The molecular formula is C19H17F2N3O3. The van der Waals surface area contributed by atoms with Crippen LogP contribution in [0.5, 0.6) is 0 Å². The van der Waals surface area contributed by atoms with E-state index in [4.69, 9.17) is 4.74 Å². The molecule has 2 aliphatic rings. The van der Waals surface area contributed by atoms with Crippen molar-refractivity contribution >= 4 is 12.0 Å². The minimum absolute atomic E-state index is 0.143. The Morgan fingerprint density at radius 2 is 2.00 bits per heavy atom. The summed E-state index contributed by atoms with van der Waals surface area (Å²) in [6.07, 6.45) is 0.904. The third-order valence-electron chi connectivity index (χ3n) is 5.01. The number of ether oxygens (including phenoxy) is 1. The molecule has 0 bridgehead atoms. The van der Waals surface area contributed by atoms with Crippen molar-refractivity contribution in [1.82, 2.24) is 14.8 Å². The molecule has 6 nitrogen and oxygen atoms in total. The molecule has 1 aromatic carbocycles. The van der Waals surface area contributed by atoms with Crippen molar-refractivity contribution in [3.05, 3.63) is 65.5 Å². The zero-order valence-corrected chi connectivity index (χ0v) is 14.4. The molecule has 2 aromatic rings. The molecule has 27 heavy (non-hydrogen) atoms. The van der Waals surface area contributed by atoms with Crippen LogP contribution in [0.15, 0.2) is 42.6 Å². The molecule has 2 saturated heterocycles. The number of halogens is 2. The molecule has 2 aliphatic heterocycles. The number of fused-ring (bicyclic) bond motifs is 1. The minimum atomic E-state index is -1.00. The third-order valence-corrected chi connectivity index (χ3v) is 5.01. The van der Waals surface area contributed by atoms with Gasteiger partial charge in [0.1, 0.15) is 18.0 Å². The smallest absolute Gasteiger partial charge is 0.410 e. The van der Waals surface area contributed by atoms with Gasteiger partial charge in [0.25, 0.3) is 5.91 Å². The largest absolute Gasteiger partial charge is 0.447 e. The van der Waals surface area contributed by atoms with Crippen LogP contribution in [0.1, 0.15) is 16.1 Å². The van der Waals surface area contributed by atoms with Gasteiger partial charge in [-0.1, -0.05) is 30.3 Å². The normalized spacial score (nSPS) is 21.8. The average Bonchev–Trinajstić information content (AvgIpc) is 2.98. The quantitative estimate of drug-likeness (QED) is 0.828. The first kappa shape index (κ1) is 17.4. The first-order valence-electron chi connectivity index (χ1n) is 8.57. The Labute approximate surface area is 154 Å². The predicted molar refractivity (Wildman–Crippen MR) is 91.0 cm³/mol. The van der Waals surface area contributed by atoms with E-state index in [0.29, 0.717) is 12.5 Å². The van der Waals surface area contributed by atoms with Gasteiger partial charge in [-0.2, -0.15) is 0 Å². The monoisotopic (exact) mass is 373 g/mol. The van der Waals surface area contributed by atoms with Crippen LogP contribution in [-0.4, -0.2) is 58.6 Å². The number of pyridine rings is 1. The summed E-state index contributed by atoms with van der Waals surface area (Å²) in [6, 6.07) is 10.2. The Bertz CT molecular complexity index is 893. The highest BCUT2D eigenvalue weighted by Crippen LogP contribution is 2.33.